The quantitative estimate of drug-likeness (QED) is 0.623. The van der Waals surface area contributed by atoms with E-state index >= 15 is 0 Å². The third-order valence-corrected chi connectivity index (χ3v) is 4.56. The molecule has 1 aromatic carbocycles. The summed E-state index contributed by atoms with van der Waals surface area (Å²) >= 11 is 0. The van der Waals surface area contributed by atoms with Crippen molar-refractivity contribution in [2.45, 2.75) is 57.2 Å². The maximum absolute atomic E-state index is 13.0. The number of halogens is 6. The van der Waals surface area contributed by atoms with E-state index in [1.165, 1.54) is 0 Å². The summed E-state index contributed by atoms with van der Waals surface area (Å²) in [7, 11) is -1.17. The molecule has 0 aliphatic carbocycles. The lowest BCUT2D eigenvalue weighted by Gasteiger charge is -2.32. The van der Waals surface area contributed by atoms with Crippen LogP contribution < -0.4 is 5.73 Å². The summed E-state index contributed by atoms with van der Waals surface area (Å²) in [6.45, 7) is 6.81. The highest BCUT2D eigenvalue weighted by Gasteiger charge is 2.53. The van der Waals surface area contributed by atoms with Crippen molar-refractivity contribution in [3.63, 3.8) is 0 Å². The van der Waals surface area contributed by atoms with E-state index in [4.69, 9.17) is 15.0 Å². The Bertz CT molecular complexity index is 608. The van der Waals surface area contributed by atoms with Gasteiger partial charge in [0.25, 0.3) is 0 Å². The highest BCUT2D eigenvalue weighted by molar-refractivity contribution is 6.47. The minimum atomic E-state index is -4.94. The van der Waals surface area contributed by atoms with Crippen LogP contribution in [0.15, 0.2) is 18.2 Å². The van der Waals surface area contributed by atoms with Crippen molar-refractivity contribution in [2.75, 3.05) is 0 Å². The molecule has 3 nitrogen and oxygen atoms in total. The Morgan fingerprint density at radius 2 is 1.20 bits per heavy atom. The van der Waals surface area contributed by atoms with E-state index in [1.807, 2.05) is 0 Å². The standard InChI is InChI=1S/C15H18BF6NO2/c1-12(2)13(3,4)25-16(24-12)11(23)8-5-9(14(17,18)19)7-10(6-8)15(20,21)22/h5-7,11H,23H2,1-4H3/t11-/m0/s1. The average molecular weight is 369 g/mol. The Morgan fingerprint density at radius 3 is 1.52 bits per heavy atom. The highest BCUT2D eigenvalue weighted by Crippen LogP contribution is 2.41. The SMILES string of the molecule is CC1(C)OB([C@@H](N)c2cc(C(F)(F)F)cc(C(F)(F)F)c2)OC1(C)C. The Labute approximate surface area is 141 Å². The summed E-state index contributed by atoms with van der Waals surface area (Å²) in [6, 6.07) is 1.23. The number of benzene rings is 1. The molecular formula is C15H18BF6NO2. The monoisotopic (exact) mass is 369 g/mol. The molecule has 0 amide bonds. The van der Waals surface area contributed by atoms with Crippen molar-refractivity contribution in [3.8, 4) is 0 Å². The van der Waals surface area contributed by atoms with E-state index < -0.39 is 47.7 Å². The van der Waals surface area contributed by atoms with Gasteiger partial charge in [-0.25, -0.2) is 0 Å². The van der Waals surface area contributed by atoms with E-state index in [2.05, 4.69) is 0 Å². The minimum absolute atomic E-state index is 0.0560. The smallest absolute Gasteiger partial charge is 0.402 e. The molecule has 0 bridgehead atoms. The summed E-state index contributed by atoms with van der Waals surface area (Å²) in [5.74, 6) is -1.32. The van der Waals surface area contributed by atoms with E-state index in [0.29, 0.717) is 12.1 Å². The van der Waals surface area contributed by atoms with Crippen molar-refractivity contribution < 1.29 is 35.7 Å². The lowest BCUT2D eigenvalue weighted by atomic mass is 9.74. The van der Waals surface area contributed by atoms with Gasteiger partial charge in [0.15, 0.2) is 0 Å². The molecule has 0 saturated carbocycles. The molecule has 0 unspecified atom stereocenters. The van der Waals surface area contributed by atoms with Gasteiger partial charge in [0, 0.05) is 0 Å². The summed E-state index contributed by atoms with van der Waals surface area (Å²) in [5.41, 5.74) is 1.04. The highest BCUT2D eigenvalue weighted by atomic mass is 19.4. The van der Waals surface area contributed by atoms with Crippen LogP contribution in [0, 0.1) is 0 Å². The summed E-state index contributed by atoms with van der Waals surface area (Å²) in [5, 5.41) is 0. The van der Waals surface area contributed by atoms with Crippen LogP contribution in [0.5, 0.6) is 0 Å². The van der Waals surface area contributed by atoms with Gasteiger partial charge in [-0.3, -0.25) is 0 Å². The molecule has 1 saturated heterocycles. The molecule has 1 heterocycles. The Morgan fingerprint density at radius 1 is 0.840 bits per heavy atom. The minimum Gasteiger partial charge on any atom is -0.402 e. The fraction of sp³-hybridized carbons (Fsp3) is 0.600. The van der Waals surface area contributed by atoms with Gasteiger partial charge in [-0.05, 0) is 51.5 Å². The largest absolute Gasteiger partial charge is 0.480 e. The lowest BCUT2D eigenvalue weighted by Crippen LogP contribution is -2.41. The third kappa shape index (κ3) is 3.96. The van der Waals surface area contributed by atoms with Crippen LogP contribution in [-0.4, -0.2) is 18.3 Å². The topological polar surface area (TPSA) is 44.5 Å². The van der Waals surface area contributed by atoms with Crippen LogP contribution in [0.4, 0.5) is 26.3 Å². The van der Waals surface area contributed by atoms with E-state index in [-0.39, 0.29) is 11.6 Å². The van der Waals surface area contributed by atoms with Gasteiger partial charge in [-0.2, -0.15) is 26.3 Å². The van der Waals surface area contributed by atoms with Gasteiger partial charge in [-0.15, -0.1) is 0 Å². The number of nitrogens with two attached hydrogens (primary N) is 1. The molecule has 0 aromatic heterocycles. The van der Waals surface area contributed by atoms with Gasteiger partial charge in [-0.1, -0.05) is 0 Å². The van der Waals surface area contributed by atoms with Crippen molar-refractivity contribution in [2.24, 2.45) is 5.73 Å². The van der Waals surface area contributed by atoms with E-state index in [1.54, 1.807) is 27.7 Å². The van der Waals surface area contributed by atoms with Crippen LogP contribution in [0.3, 0.4) is 0 Å². The van der Waals surface area contributed by atoms with Gasteiger partial charge in [0.2, 0.25) is 0 Å². The molecule has 140 valence electrons. The Hall–Kier alpha value is -1.26. The first kappa shape index (κ1) is 20.1. The molecule has 1 fully saturated rings. The fourth-order valence-corrected chi connectivity index (χ4v) is 2.36. The van der Waals surface area contributed by atoms with E-state index in [0.717, 1.165) is 0 Å². The summed E-state index contributed by atoms with van der Waals surface area (Å²) in [4.78, 5) is 0. The molecule has 1 atom stereocenters. The zero-order valence-corrected chi connectivity index (χ0v) is 14.0. The first-order valence-corrected chi connectivity index (χ1v) is 7.45. The normalized spacial score (nSPS) is 21.5. The number of hydrogen-bond donors (Lipinski definition) is 1. The van der Waals surface area contributed by atoms with Crippen molar-refractivity contribution in [1.82, 2.24) is 0 Å². The number of alkyl halides is 6. The molecule has 2 N–H and O–H groups in total. The molecular weight excluding hydrogens is 351 g/mol. The second kappa shape index (κ2) is 5.89. The maximum atomic E-state index is 13.0. The zero-order chi connectivity index (χ0) is 19.4. The second-order valence-corrected chi connectivity index (χ2v) is 6.99. The fourth-order valence-electron chi connectivity index (χ4n) is 2.36. The molecule has 2 rings (SSSR count). The number of rotatable bonds is 2. The van der Waals surface area contributed by atoms with Crippen LogP contribution >= 0.6 is 0 Å². The first-order chi connectivity index (χ1) is 11.0. The summed E-state index contributed by atoms with van der Waals surface area (Å²) in [6.07, 6.45) is -9.88. The predicted molar refractivity (Wildman–Crippen MR) is 79.5 cm³/mol. The number of hydrogen-bond acceptors (Lipinski definition) is 3. The average Bonchev–Trinajstić information content (AvgIpc) is 2.64. The van der Waals surface area contributed by atoms with Crippen molar-refractivity contribution >= 4 is 7.12 Å². The molecule has 1 aliphatic heterocycles. The van der Waals surface area contributed by atoms with Gasteiger partial charge in [0.05, 0.1) is 28.3 Å². The molecule has 1 aliphatic rings. The van der Waals surface area contributed by atoms with E-state index in [9.17, 15) is 26.3 Å². The first-order valence-electron chi connectivity index (χ1n) is 7.45. The van der Waals surface area contributed by atoms with Gasteiger partial charge < -0.3 is 15.0 Å². The van der Waals surface area contributed by atoms with Crippen LogP contribution in [-0.2, 0) is 21.7 Å². The molecule has 25 heavy (non-hydrogen) atoms. The molecule has 0 radical (unpaired) electrons. The van der Waals surface area contributed by atoms with Crippen LogP contribution in [0.25, 0.3) is 0 Å². The maximum Gasteiger partial charge on any atom is 0.480 e. The Balaban J connectivity index is 2.45. The summed E-state index contributed by atoms with van der Waals surface area (Å²) < 4.78 is 89.0. The molecule has 1 aromatic rings. The lowest BCUT2D eigenvalue weighted by molar-refractivity contribution is -0.143. The molecule has 0 spiro atoms. The second-order valence-electron chi connectivity index (χ2n) is 6.99. The predicted octanol–water partition coefficient (Wildman–Crippen LogP) is 4.36. The third-order valence-electron chi connectivity index (χ3n) is 4.56. The van der Waals surface area contributed by atoms with Gasteiger partial charge >= 0.3 is 19.5 Å². The molecule has 10 heteroatoms. The Kier molecular flexibility index (Phi) is 4.72. The van der Waals surface area contributed by atoms with Crippen molar-refractivity contribution in [1.29, 1.82) is 0 Å². The van der Waals surface area contributed by atoms with Crippen molar-refractivity contribution in [3.05, 3.63) is 34.9 Å². The van der Waals surface area contributed by atoms with Crippen LogP contribution in [0.2, 0.25) is 0 Å². The van der Waals surface area contributed by atoms with Gasteiger partial charge in [0.1, 0.15) is 0 Å². The zero-order valence-electron chi connectivity index (χ0n) is 14.0. The van der Waals surface area contributed by atoms with Crippen LogP contribution in [0.1, 0.15) is 50.3 Å².